The summed E-state index contributed by atoms with van der Waals surface area (Å²) >= 11 is 5.72. The van der Waals surface area contributed by atoms with Crippen LogP contribution in [0.5, 0.6) is 0 Å². The van der Waals surface area contributed by atoms with E-state index in [1.807, 2.05) is 5.32 Å². The van der Waals surface area contributed by atoms with E-state index in [1.165, 1.54) is 24.3 Å². The zero-order valence-corrected chi connectivity index (χ0v) is 15.1. The molecule has 13 heteroatoms. The van der Waals surface area contributed by atoms with Crippen molar-refractivity contribution in [2.24, 2.45) is 7.05 Å². The third-order valence-electron chi connectivity index (χ3n) is 3.70. The van der Waals surface area contributed by atoms with Crippen molar-refractivity contribution in [1.82, 2.24) is 19.6 Å². The highest BCUT2D eigenvalue weighted by molar-refractivity contribution is 6.30. The molecule has 3 rings (SSSR count). The van der Waals surface area contributed by atoms with Crippen LogP contribution in [-0.4, -0.2) is 25.5 Å². The zero-order valence-electron chi connectivity index (χ0n) is 14.3. The van der Waals surface area contributed by atoms with E-state index in [-0.39, 0.29) is 10.7 Å². The first kappa shape index (κ1) is 20.7. The fourth-order valence-electron chi connectivity index (χ4n) is 2.54. The average Bonchev–Trinajstić information content (AvgIpc) is 3.18. The lowest BCUT2D eigenvalue weighted by molar-refractivity contribution is -0.142. The molecule has 1 N–H and O–H groups in total. The van der Waals surface area contributed by atoms with Gasteiger partial charge in [0.2, 0.25) is 0 Å². The minimum atomic E-state index is -4.97. The summed E-state index contributed by atoms with van der Waals surface area (Å²) in [7, 11) is 1.14. The SMILES string of the molecule is Cn1cc(C(=O)Nc2cnn(-c3ccc(Cl)cc3)c2C(F)(F)F)c(C(F)(F)F)n1. The number of rotatable bonds is 3. The third kappa shape index (κ3) is 4.21. The average molecular weight is 438 g/mol. The Morgan fingerprint density at radius 2 is 1.69 bits per heavy atom. The molecule has 0 bridgehead atoms. The Balaban J connectivity index is 2.03. The Morgan fingerprint density at radius 3 is 2.24 bits per heavy atom. The number of benzene rings is 1. The Kier molecular flexibility index (Phi) is 5.07. The maximum absolute atomic E-state index is 13.6. The Morgan fingerprint density at radius 1 is 1.07 bits per heavy atom. The molecule has 0 aliphatic heterocycles. The van der Waals surface area contributed by atoms with E-state index in [0.717, 1.165) is 17.9 Å². The van der Waals surface area contributed by atoms with Crippen LogP contribution in [0.1, 0.15) is 21.7 Å². The van der Waals surface area contributed by atoms with Gasteiger partial charge in [0.1, 0.15) is 0 Å². The van der Waals surface area contributed by atoms with Gasteiger partial charge in [0, 0.05) is 18.3 Å². The number of anilines is 1. The Hall–Kier alpha value is -3.02. The molecule has 1 amide bonds. The van der Waals surface area contributed by atoms with Gasteiger partial charge in [-0.15, -0.1) is 0 Å². The smallest absolute Gasteiger partial charge is 0.319 e. The van der Waals surface area contributed by atoms with Crippen LogP contribution < -0.4 is 5.32 Å². The summed E-state index contributed by atoms with van der Waals surface area (Å²) in [5.41, 5.74) is -4.64. The summed E-state index contributed by atoms with van der Waals surface area (Å²) in [6, 6.07) is 5.20. The Labute approximate surface area is 163 Å². The highest BCUT2D eigenvalue weighted by atomic mass is 35.5. The van der Waals surface area contributed by atoms with E-state index in [4.69, 9.17) is 11.6 Å². The van der Waals surface area contributed by atoms with Crippen LogP contribution in [0.4, 0.5) is 32.0 Å². The van der Waals surface area contributed by atoms with Crippen molar-refractivity contribution in [3.8, 4) is 5.69 Å². The molecule has 0 saturated carbocycles. The molecule has 0 aliphatic carbocycles. The summed E-state index contributed by atoms with van der Waals surface area (Å²) < 4.78 is 81.1. The fourth-order valence-corrected chi connectivity index (χ4v) is 2.67. The molecule has 0 aliphatic rings. The number of halogens is 7. The molecule has 0 unspecified atom stereocenters. The van der Waals surface area contributed by atoms with Gasteiger partial charge in [-0.05, 0) is 24.3 Å². The van der Waals surface area contributed by atoms with E-state index < -0.39 is 40.9 Å². The second-order valence-electron chi connectivity index (χ2n) is 5.81. The zero-order chi connectivity index (χ0) is 21.6. The van der Waals surface area contributed by atoms with Crippen molar-refractivity contribution in [2.45, 2.75) is 12.4 Å². The number of aromatic nitrogens is 4. The van der Waals surface area contributed by atoms with Crippen LogP contribution >= 0.6 is 11.6 Å². The van der Waals surface area contributed by atoms with Crippen LogP contribution in [0.25, 0.3) is 5.69 Å². The second-order valence-corrected chi connectivity index (χ2v) is 6.25. The quantitative estimate of drug-likeness (QED) is 0.611. The van der Waals surface area contributed by atoms with Gasteiger partial charge < -0.3 is 5.32 Å². The molecule has 29 heavy (non-hydrogen) atoms. The maximum Gasteiger partial charge on any atom is 0.435 e. The molecule has 6 nitrogen and oxygen atoms in total. The Bertz CT molecular complexity index is 1050. The highest BCUT2D eigenvalue weighted by Crippen LogP contribution is 2.37. The lowest BCUT2D eigenvalue weighted by Crippen LogP contribution is -2.21. The van der Waals surface area contributed by atoms with Gasteiger partial charge in [0.05, 0.1) is 23.1 Å². The van der Waals surface area contributed by atoms with E-state index in [9.17, 15) is 31.1 Å². The first-order valence-corrected chi connectivity index (χ1v) is 8.09. The van der Waals surface area contributed by atoms with Crippen LogP contribution in [-0.2, 0) is 19.4 Å². The molecular formula is C16H10ClF6N5O. The minimum Gasteiger partial charge on any atom is -0.319 e. The standard InChI is InChI=1S/C16H10ClF6N5O/c1-27-7-10(12(26-27)15(18,19)20)14(29)25-11-6-24-28(13(11)16(21,22)23)9-4-2-8(17)3-5-9/h2-7H,1H3,(H,25,29). The molecule has 0 fully saturated rings. The van der Waals surface area contributed by atoms with Crippen LogP contribution in [0.2, 0.25) is 5.02 Å². The number of nitrogens with one attached hydrogen (secondary N) is 1. The van der Waals surface area contributed by atoms with Gasteiger partial charge in [0.15, 0.2) is 11.4 Å². The monoisotopic (exact) mass is 437 g/mol. The normalized spacial score (nSPS) is 12.3. The van der Waals surface area contributed by atoms with Gasteiger partial charge in [-0.2, -0.15) is 36.5 Å². The van der Waals surface area contributed by atoms with Gasteiger partial charge in [-0.3, -0.25) is 9.48 Å². The summed E-state index contributed by atoms with van der Waals surface area (Å²) in [5.74, 6) is -1.41. The van der Waals surface area contributed by atoms with E-state index >= 15 is 0 Å². The van der Waals surface area contributed by atoms with E-state index in [1.54, 1.807) is 0 Å². The largest absolute Gasteiger partial charge is 0.435 e. The summed E-state index contributed by atoms with van der Waals surface area (Å²) in [6.07, 6.45) is -8.48. The van der Waals surface area contributed by atoms with Crippen molar-refractivity contribution < 1.29 is 31.1 Å². The van der Waals surface area contributed by atoms with Crippen molar-refractivity contribution in [3.05, 3.63) is 58.6 Å². The number of aryl methyl sites for hydroxylation is 1. The van der Waals surface area contributed by atoms with Crippen LogP contribution in [0.15, 0.2) is 36.7 Å². The summed E-state index contributed by atoms with van der Waals surface area (Å²) in [4.78, 5) is 12.3. The molecular weight excluding hydrogens is 428 g/mol. The predicted octanol–water partition coefficient (Wildman–Crippen LogP) is 4.55. The molecule has 2 heterocycles. The van der Waals surface area contributed by atoms with E-state index in [0.29, 0.717) is 10.9 Å². The number of hydrogen-bond donors (Lipinski definition) is 1. The van der Waals surface area contributed by atoms with Gasteiger partial charge in [0.25, 0.3) is 5.91 Å². The number of carbonyl (C=O) groups excluding carboxylic acids is 1. The number of carbonyl (C=O) groups is 1. The molecule has 154 valence electrons. The topological polar surface area (TPSA) is 64.7 Å². The van der Waals surface area contributed by atoms with Crippen LogP contribution in [0.3, 0.4) is 0 Å². The van der Waals surface area contributed by atoms with Gasteiger partial charge >= 0.3 is 12.4 Å². The van der Waals surface area contributed by atoms with Crippen molar-refractivity contribution in [3.63, 3.8) is 0 Å². The lowest BCUT2D eigenvalue weighted by Gasteiger charge is -2.13. The van der Waals surface area contributed by atoms with Gasteiger partial charge in [-0.25, -0.2) is 4.68 Å². The van der Waals surface area contributed by atoms with Crippen molar-refractivity contribution in [2.75, 3.05) is 5.32 Å². The first-order valence-electron chi connectivity index (χ1n) is 7.71. The molecule has 0 atom stereocenters. The van der Waals surface area contributed by atoms with Gasteiger partial charge in [-0.1, -0.05) is 11.6 Å². The number of nitrogens with zero attached hydrogens (tertiary/aromatic N) is 4. The lowest BCUT2D eigenvalue weighted by atomic mass is 10.2. The van der Waals surface area contributed by atoms with Crippen molar-refractivity contribution >= 4 is 23.2 Å². The molecule has 0 radical (unpaired) electrons. The number of alkyl halides is 6. The summed E-state index contributed by atoms with van der Waals surface area (Å²) in [5, 5.41) is 8.87. The van der Waals surface area contributed by atoms with Crippen LogP contribution in [0, 0.1) is 0 Å². The number of hydrogen-bond acceptors (Lipinski definition) is 3. The molecule has 0 saturated heterocycles. The first-order chi connectivity index (χ1) is 13.4. The molecule has 1 aromatic carbocycles. The maximum atomic E-state index is 13.6. The fraction of sp³-hybridized carbons (Fsp3) is 0.188. The molecule has 2 aromatic heterocycles. The molecule has 0 spiro atoms. The molecule has 3 aromatic rings. The second kappa shape index (κ2) is 7.10. The van der Waals surface area contributed by atoms with E-state index in [2.05, 4.69) is 10.2 Å². The summed E-state index contributed by atoms with van der Waals surface area (Å²) in [6.45, 7) is 0. The third-order valence-corrected chi connectivity index (χ3v) is 3.95. The highest BCUT2D eigenvalue weighted by Gasteiger charge is 2.41. The van der Waals surface area contributed by atoms with Crippen molar-refractivity contribution in [1.29, 1.82) is 0 Å². The predicted molar refractivity (Wildman–Crippen MR) is 89.7 cm³/mol. The number of amides is 1. The minimum absolute atomic E-state index is 0.0143.